The number of benzene rings is 1. The first-order chi connectivity index (χ1) is 14.3. The smallest absolute Gasteiger partial charge is 0.387 e. The minimum Gasteiger partial charge on any atom is -0.435 e. The number of hydrogen-bond donors (Lipinski definition) is 0. The molecular formula is C22H25F2N3O3. The highest BCUT2D eigenvalue weighted by Crippen LogP contribution is 2.36. The molecule has 2 atom stereocenters. The van der Waals surface area contributed by atoms with E-state index in [0.717, 1.165) is 17.7 Å². The van der Waals surface area contributed by atoms with Crippen LogP contribution in [0.3, 0.4) is 0 Å². The number of carbonyl (C=O) groups is 1. The first-order valence-corrected chi connectivity index (χ1v) is 10.0. The highest BCUT2D eigenvalue weighted by atomic mass is 19.3. The number of hydrogen-bond acceptors (Lipinski definition) is 4. The average Bonchev–Trinajstić information content (AvgIpc) is 2.69. The van der Waals surface area contributed by atoms with Crippen LogP contribution >= 0.6 is 0 Å². The van der Waals surface area contributed by atoms with Crippen LogP contribution in [0.5, 0.6) is 5.75 Å². The van der Waals surface area contributed by atoms with E-state index in [-0.39, 0.29) is 29.1 Å². The van der Waals surface area contributed by atoms with E-state index in [1.165, 1.54) is 18.2 Å². The summed E-state index contributed by atoms with van der Waals surface area (Å²) in [5, 5.41) is 0. The third kappa shape index (κ3) is 4.09. The van der Waals surface area contributed by atoms with Gasteiger partial charge in [0.15, 0.2) is 0 Å². The molecule has 2 bridgehead atoms. The minimum absolute atomic E-state index is 0.0293. The summed E-state index contributed by atoms with van der Waals surface area (Å²) in [5.41, 5.74) is 2.11. The molecule has 2 aliphatic heterocycles. The van der Waals surface area contributed by atoms with Crippen molar-refractivity contribution in [3.05, 3.63) is 63.6 Å². The minimum atomic E-state index is -2.93. The maximum absolute atomic E-state index is 13.0. The topological polar surface area (TPSA) is 54.8 Å². The average molecular weight is 417 g/mol. The van der Waals surface area contributed by atoms with Crippen LogP contribution in [0.4, 0.5) is 8.78 Å². The predicted octanol–water partition coefficient (Wildman–Crippen LogP) is 2.77. The molecule has 0 radical (unpaired) electrons. The fourth-order valence-electron chi connectivity index (χ4n) is 4.61. The summed E-state index contributed by atoms with van der Waals surface area (Å²) in [7, 11) is 3.87. The Kier molecular flexibility index (Phi) is 5.60. The summed E-state index contributed by atoms with van der Waals surface area (Å²) >= 11 is 0. The van der Waals surface area contributed by atoms with Gasteiger partial charge in [0, 0.05) is 48.9 Å². The van der Waals surface area contributed by atoms with Crippen LogP contribution < -0.4 is 10.3 Å². The number of likely N-dealkylation sites (tertiary alicyclic amines) is 1. The molecule has 1 amide bonds. The van der Waals surface area contributed by atoms with Gasteiger partial charge in [-0.25, -0.2) is 0 Å². The first-order valence-electron chi connectivity index (χ1n) is 10.0. The largest absolute Gasteiger partial charge is 0.435 e. The van der Waals surface area contributed by atoms with Gasteiger partial charge in [0.1, 0.15) is 5.75 Å². The van der Waals surface area contributed by atoms with E-state index in [1.54, 1.807) is 11.0 Å². The zero-order chi connectivity index (χ0) is 21.4. The van der Waals surface area contributed by atoms with Gasteiger partial charge in [-0.2, -0.15) is 8.78 Å². The number of alkyl halides is 2. The maximum Gasteiger partial charge on any atom is 0.387 e. The predicted molar refractivity (Wildman–Crippen MR) is 108 cm³/mol. The molecule has 0 saturated carbocycles. The Morgan fingerprint density at radius 1 is 1.20 bits per heavy atom. The van der Waals surface area contributed by atoms with Gasteiger partial charge in [0.2, 0.25) is 0 Å². The number of amides is 1. The van der Waals surface area contributed by atoms with Gasteiger partial charge in [-0.05, 0) is 50.7 Å². The fourth-order valence-corrected chi connectivity index (χ4v) is 4.61. The highest BCUT2D eigenvalue weighted by Gasteiger charge is 2.37. The second-order valence-electron chi connectivity index (χ2n) is 8.35. The zero-order valence-corrected chi connectivity index (χ0v) is 17.1. The Morgan fingerprint density at radius 3 is 2.73 bits per heavy atom. The molecule has 1 aromatic carbocycles. The molecule has 0 unspecified atom stereocenters. The van der Waals surface area contributed by atoms with E-state index in [1.807, 2.05) is 35.7 Å². The molecule has 2 aliphatic rings. The van der Waals surface area contributed by atoms with E-state index >= 15 is 0 Å². The monoisotopic (exact) mass is 417 g/mol. The molecule has 2 aromatic rings. The summed E-state index contributed by atoms with van der Waals surface area (Å²) in [6.45, 7) is -0.710. The summed E-state index contributed by atoms with van der Waals surface area (Å²) in [4.78, 5) is 29.7. The van der Waals surface area contributed by atoms with Crippen molar-refractivity contribution in [1.29, 1.82) is 0 Å². The zero-order valence-electron chi connectivity index (χ0n) is 17.1. The van der Waals surface area contributed by atoms with Crippen molar-refractivity contribution in [1.82, 2.24) is 14.4 Å². The van der Waals surface area contributed by atoms with Crippen molar-refractivity contribution in [2.24, 2.45) is 5.92 Å². The molecule has 6 nitrogen and oxygen atoms in total. The number of nitrogens with zero attached hydrogens (tertiary/aromatic N) is 3. The van der Waals surface area contributed by atoms with Crippen LogP contribution in [0.2, 0.25) is 0 Å². The molecule has 3 heterocycles. The van der Waals surface area contributed by atoms with Crippen molar-refractivity contribution in [2.75, 3.05) is 27.2 Å². The SMILES string of the molecule is CN(C)Cc1ccc2n(c1=O)C[C@H]1C[C@@H]2CN(C(=O)c2cccc(OC(F)F)c2)C1. The van der Waals surface area contributed by atoms with Crippen molar-refractivity contribution in [3.63, 3.8) is 0 Å². The Labute approximate surface area is 173 Å². The Morgan fingerprint density at radius 2 is 2.00 bits per heavy atom. The first kappa shape index (κ1) is 20.5. The highest BCUT2D eigenvalue weighted by molar-refractivity contribution is 5.94. The summed E-state index contributed by atoms with van der Waals surface area (Å²) in [6, 6.07) is 9.80. The third-order valence-corrected chi connectivity index (χ3v) is 5.76. The van der Waals surface area contributed by atoms with Crippen LogP contribution in [-0.2, 0) is 13.1 Å². The maximum atomic E-state index is 13.0. The molecule has 8 heteroatoms. The lowest BCUT2D eigenvalue weighted by molar-refractivity contribution is -0.0499. The van der Waals surface area contributed by atoms with Crippen molar-refractivity contribution in [2.45, 2.75) is 32.0 Å². The number of aromatic nitrogens is 1. The number of piperidine rings is 1. The van der Waals surface area contributed by atoms with Gasteiger partial charge in [-0.15, -0.1) is 0 Å². The summed E-state index contributed by atoms with van der Waals surface area (Å²) < 4.78 is 31.3. The van der Waals surface area contributed by atoms with E-state index in [0.29, 0.717) is 31.7 Å². The molecule has 4 rings (SSSR count). The Hall–Kier alpha value is -2.74. The van der Waals surface area contributed by atoms with E-state index < -0.39 is 6.61 Å². The lowest BCUT2D eigenvalue weighted by atomic mass is 9.82. The molecule has 30 heavy (non-hydrogen) atoms. The Balaban J connectivity index is 1.56. The Bertz CT molecular complexity index is 1010. The van der Waals surface area contributed by atoms with Crippen LogP contribution in [0.25, 0.3) is 0 Å². The van der Waals surface area contributed by atoms with Crippen LogP contribution in [0, 0.1) is 5.92 Å². The molecular weight excluding hydrogens is 392 g/mol. The van der Waals surface area contributed by atoms with Crippen LogP contribution in [0.1, 0.15) is 34.0 Å². The van der Waals surface area contributed by atoms with Crippen LogP contribution in [-0.4, -0.2) is 54.1 Å². The van der Waals surface area contributed by atoms with E-state index in [9.17, 15) is 18.4 Å². The number of rotatable bonds is 5. The normalized spacial score (nSPS) is 20.4. The lowest BCUT2D eigenvalue weighted by Crippen LogP contribution is -2.49. The van der Waals surface area contributed by atoms with Gasteiger partial charge >= 0.3 is 6.61 Å². The van der Waals surface area contributed by atoms with Gasteiger partial charge in [-0.1, -0.05) is 12.1 Å². The van der Waals surface area contributed by atoms with Gasteiger partial charge in [0.25, 0.3) is 11.5 Å². The van der Waals surface area contributed by atoms with E-state index in [2.05, 4.69) is 4.74 Å². The third-order valence-electron chi connectivity index (χ3n) is 5.76. The van der Waals surface area contributed by atoms with Crippen molar-refractivity contribution < 1.29 is 18.3 Å². The number of fused-ring (bicyclic) bond motifs is 4. The number of carbonyl (C=O) groups excluding carboxylic acids is 1. The van der Waals surface area contributed by atoms with E-state index in [4.69, 9.17) is 0 Å². The number of ether oxygens (including phenoxy) is 1. The molecule has 0 N–H and O–H groups in total. The van der Waals surface area contributed by atoms with Crippen molar-refractivity contribution in [3.8, 4) is 5.75 Å². The molecule has 0 aliphatic carbocycles. The molecule has 1 fully saturated rings. The summed E-state index contributed by atoms with van der Waals surface area (Å²) in [5.74, 6) is 0.0406. The van der Waals surface area contributed by atoms with Crippen molar-refractivity contribution >= 4 is 5.91 Å². The fraction of sp³-hybridized carbons (Fsp3) is 0.455. The molecule has 160 valence electrons. The molecule has 1 aromatic heterocycles. The van der Waals surface area contributed by atoms with Gasteiger partial charge < -0.3 is 19.1 Å². The van der Waals surface area contributed by atoms with Crippen LogP contribution in [0.15, 0.2) is 41.2 Å². The number of halogens is 2. The molecule has 0 spiro atoms. The molecule has 1 saturated heterocycles. The van der Waals surface area contributed by atoms with Gasteiger partial charge in [0.05, 0.1) is 0 Å². The number of pyridine rings is 1. The lowest BCUT2D eigenvalue weighted by Gasteiger charge is -2.43. The quantitative estimate of drug-likeness (QED) is 0.751. The second kappa shape index (κ2) is 8.18. The van der Waals surface area contributed by atoms with Gasteiger partial charge in [-0.3, -0.25) is 9.59 Å². The summed E-state index contributed by atoms with van der Waals surface area (Å²) in [6.07, 6.45) is 0.935. The standard InChI is InChI=1S/C22H25F2N3O3/c1-25(2)12-16-6-7-19-17-8-14(11-27(19)21(16)29)10-26(13-17)20(28)15-4-3-5-18(9-15)30-22(23)24/h3-7,9,14,17,22H,8,10-13H2,1-2H3/t14-,17+/m0/s1. The second-order valence-corrected chi connectivity index (χ2v) is 8.35.